The van der Waals surface area contributed by atoms with Gasteiger partial charge in [-0.05, 0) is 6.92 Å². The van der Waals surface area contributed by atoms with Crippen LogP contribution in [0.1, 0.15) is 11.3 Å². The molecule has 0 saturated carbocycles. The van der Waals surface area contributed by atoms with Crippen LogP contribution in [-0.4, -0.2) is 43.3 Å². The number of aryl methyl sites for hydroxylation is 2. The fourth-order valence-corrected chi connectivity index (χ4v) is 1.87. The van der Waals surface area contributed by atoms with Crippen molar-refractivity contribution < 1.29 is 9.47 Å². The molecule has 0 aliphatic carbocycles. The Bertz CT molecular complexity index is 355. The van der Waals surface area contributed by atoms with E-state index in [4.69, 9.17) is 21.1 Å². The average molecular weight is 262 g/mol. The summed E-state index contributed by atoms with van der Waals surface area (Å²) in [5.41, 5.74) is 1.98. The SMILES string of the molecule is COCC(CNCc1c(C)nn(C)c1Cl)OC. The Balaban J connectivity index is 2.45. The van der Waals surface area contributed by atoms with Gasteiger partial charge in [0.25, 0.3) is 0 Å². The highest BCUT2D eigenvalue weighted by Crippen LogP contribution is 2.17. The van der Waals surface area contributed by atoms with Gasteiger partial charge >= 0.3 is 0 Å². The molecule has 6 heteroatoms. The summed E-state index contributed by atoms with van der Waals surface area (Å²) in [6, 6.07) is 0. The van der Waals surface area contributed by atoms with Crippen LogP contribution >= 0.6 is 11.6 Å². The molecule has 0 fully saturated rings. The van der Waals surface area contributed by atoms with Crippen molar-refractivity contribution in [3.8, 4) is 0 Å². The molecule has 1 heterocycles. The molecule has 98 valence electrons. The average Bonchev–Trinajstić information content (AvgIpc) is 2.54. The number of nitrogens with zero attached hydrogens (tertiary/aromatic N) is 2. The first-order valence-electron chi connectivity index (χ1n) is 5.50. The predicted octanol–water partition coefficient (Wildman–Crippen LogP) is 1.13. The van der Waals surface area contributed by atoms with E-state index in [1.807, 2.05) is 14.0 Å². The van der Waals surface area contributed by atoms with Crippen molar-refractivity contribution in [2.75, 3.05) is 27.4 Å². The number of aromatic nitrogens is 2. The van der Waals surface area contributed by atoms with Gasteiger partial charge in [-0.3, -0.25) is 4.68 Å². The fraction of sp³-hybridized carbons (Fsp3) is 0.727. The van der Waals surface area contributed by atoms with Crippen LogP contribution in [0.2, 0.25) is 5.15 Å². The first-order chi connectivity index (χ1) is 8.10. The minimum atomic E-state index is 0.0516. The molecule has 0 amide bonds. The first kappa shape index (κ1) is 14.4. The van der Waals surface area contributed by atoms with E-state index in [9.17, 15) is 0 Å². The van der Waals surface area contributed by atoms with Crippen LogP contribution in [0.4, 0.5) is 0 Å². The van der Waals surface area contributed by atoms with Gasteiger partial charge in [-0.1, -0.05) is 11.6 Å². The molecule has 5 nitrogen and oxygen atoms in total. The molecule has 0 saturated heterocycles. The highest BCUT2D eigenvalue weighted by Gasteiger charge is 2.12. The predicted molar refractivity (Wildman–Crippen MR) is 67.3 cm³/mol. The van der Waals surface area contributed by atoms with Gasteiger partial charge < -0.3 is 14.8 Å². The summed E-state index contributed by atoms with van der Waals surface area (Å²) in [4.78, 5) is 0. The first-order valence-corrected chi connectivity index (χ1v) is 5.88. The minimum absolute atomic E-state index is 0.0516. The lowest BCUT2D eigenvalue weighted by atomic mass is 10.2. The topological polar surface area (TPSA) is 48.3 Å². The third-order valence-corrected chi connectivity index (χ3v) is 3.10. The zero-order chi connectivity index (χ0) is 12.8. The molecule has 1 aromatic rings. The highest BCUT2D eigenvalue weighted by atomic mass is 35.5. The van der Waals surface area contributed by atoms with Crippen LogP contribution in [0.15, 0.2) is 0 Å². The number of ether oxygens (including phenoxy) is 2. The Kier molecular flexibility index (Phi) is 5.91. The smallest absolute Gasteiger partial charge is 0.131 e. The normalized spacial score (nSPS) is 13.0. The van der Waals surface area contributed by atoms with E-state index in [-0.39, 0.29) is 6.10 Å². The van der Waals surface area contributed by atoms with E-state index in [2.05, 4.69) is 10.4 Å². The van der Waals surface area contributed by atoms with Gasteiger partial charge in [0.05, 0.1) is 18.4 Å². The molecule has 0 radical (unpaired) electrons. The molecule has 1 aromatic heterocycles. The Morgan fingerprint density at radius 2 is 2.18 bits per heavy atom. The van der Waals surface area contributed by atoms with Crippen LogP contribution in [0.25, 0.3) is 0 Å². The van der Waals surface area contributed by atoms with Crippen LogP contribution in [0.5, 0.6) is 0 Å². The highest BCUT2D eigenvalue weighted by molar-refractivity contribution is 6.30. The number of halogens is 1. The lowest BCUT2D eigenvalue weighted by Gasteiger charge is -2.14. The standard InChI is InChI=1S/C11H20ClN3O2/c1-8-10(11(12)15(2)14-8)6-13-5-9(17-4)7-16-3/h9,13H,5-7H2,1-4H3. The zero-order valence-corrected chi connectivity index (χ0v) is 11.5. The number of rotatable bonds is 7. The van der Waals surface area contributed by atoms with Crippen LogP contribution < -0.4 is 5.32 Å². The lowest BCUT2D eigenvalue weighted by Crippen LogP contribution is -2.31. The minimum Gasteiger partial charge on any atom is -0.382 e. The molecular weight excluding hydrogens is 242 g/mol. The Morgan fingerprint density at radius 3 is 2.65 bits per heavy atom. The second kappa shape index (κ2) is 6.96. The van der Waals surface area contributed by atoms with E-state index in [1.165, 1.54) is 0 Å². The van der Waals surface area contributed by atoms with E-state index < -0.39 is 0 Å². The number of nitrogens with one attached hydrogen (secondary N) is 1. The van der Waals surface area contributed by atoms with Crippen molar-refractivity contribution in [1.29, 1.82) is 0 Å². The molecule has 1 atom stereocenters. The Morgan fingerprint density at radius 1 is 1.47 bits per heavy atom. The molecule has 1 unspecified atom stereocenters. The summed E-state index contributed by atoms with van der Waals surface area (Å²) in [5, 5.41) is 8.22. The van der Waals surface area contributed by atoms with E-state index in [1.54, 1.807) is 18.9 Å². The van der Waals surface area contributed by atoms with Crippen molar-refractivity contribution in [3.05, 3.63) is 16.4 Å². The molecule has 0 aliphatic rings. The van der Waals surface area contributed by atoms with Crippen molar-refractivity contribution >= 4 is 11.6 Å². The van der Waals surface area contributed by atoms with Gasteiger partial charge in [0.15, 0.2) is 0 Å². The maximum absolute atomic E-state index is 6.13. The van der Waals surface area contributed by atoms with E-state index in [0.29, 0.717) is 18.3 Å². The second-order valence-corrected chi connectivity index (χ2v) is 4.28. The van der Waals surface area contributed by atoms with Gasteiger partial charge in [0, 0.05) is 39.9 Å². The van der Waals surface area contributed by atoms with Gasteiger partial charge in [0.2, 0.25) is 0 Å². The monoisotopic (exact) mass is 261 g/mol. The Labute approximate surface area is 107 Å². The summed E-state index contributed by atoms with van der Waals surface area (Å²) in [6.07, 6.45) is 0.0516. The van der Waals surface area contributed by atoms with Crippen molar-refractivity contribution in [3.63, 3.8) is 0 Å². The zero-order valence-electron chi connectivity index (χ0n) is 10.8. The third-order valence-electron chi connectivity index (χ3n) is 2.63. The molecule has 0 aliphatic heterocycles. The quantitative estimate of drug-likeness (QED) is 0.800. The van der Waals surface area contributed by atoms with Crippen LogP contribution in [0.3, 0.4) is 0 Å². The van der Waals surface area contributed by atoms with Gasteiger partial charge in [-0.15, -0.1) is 0 Å². The number of methoxy groups -OCH3 is 2. The molecule has 1 rings (SSSR count). The summed E-state index contributed by atoms with van der Waals surface area (Å²) in [6.45, 7) is 3.92. The van der Waals surface area contributed by atoms with Crippen molar-refractivity contribution in [2.45, 2.75) is 19.6 Å². The summed E-state index contributed by atoms with van der Waals surface area (Å²) in [5.74, 6) is 0. The largest absolute Gasteiger partial charge is 0.382 e. The molecule has 0 spiro atoms. The summed E-state index contributed by atoms with van der Waals surface area (Å²) >= 11 is 6.13. The van der Waals surface area contributed by atoms with E-state index >= 15 is 0 Å². The van der Waals surface area contributed by atoms with E-state index in [0.717, 1.165) is 17.8 Å². The molecule has 17 heavy (non-hydrogen) atoms. The fourth-order valence-electron chi connectivity index (χ4n) is 1.63. The lowest BCUT2D eigenvalue weighted by molar-refractivity contribution is 0.0288. The third kappa shape index (κ3) is 3.96. The van der Waals surface area contributed by atoms with Crippen molar-refractivity contribution in [1.82, 2.24) is 15.1 Å². The summed E-state index contributed by atoms with van der Waals surface area (Å²) in [7, 11) is 5.17. The van der Waals surface area contributed by atoms with Gasteiger partial charge in [-0.25, -0.2) is 0 Å². The maximum Gasteiger partial charge on any atom is 0.131 e. The van der Waals surface area contributed by atoms with Crippen molar-refractivity contribution in [2.24, 2.45) is 7.05 Å². The maximum atomic E-state index is 6.13. The number of hydrogen-bond donors (Lipinski definition) is 1. The Hall–Kier alpha value is -0.620. The van der Waals surface area contributed by atoms with Gasteiger partial charge in [-0.2, -0.15) is 5.10 Å². The molecular formula is C11H20ClN3O2. The second-order valence-electron chi connectivity index (χ2n) is 3.92. The van der Waals surface area contributed by atoms with Crippen LogP contribution in [0, 0.1) is 6.92 Å². The molecule has 0 aromatic carbocycles. The summed E-state index contributed by atoms with van der Waals surface area (Å²) < 4.78 is 12.0. The molecule has 1 N–H and O–H groups in total. The molecule has 0 bridgehead atoms. The van der Waals surface area contributed by atoms with Gasteiger partial charge in [0.1, 0.15) is 5.15 Å². The van der Waals surface area contributed by atoms with Crippen LogP contribution in [-0.2, 0) is 23.1 Å². The number of hydrogen-bond acceptors (Lipinski definition) is 4.